The molecule has 0 amide bonds. The molecule has 0 unspecified atom stereocenters. The summed E-state index contributed by atoms with van der Waals surface area (Å²) in [5, 5.41) is 7.19. The molecular formula is C11H9Cl3N4. The topological polar surface area (TPSA) is 49.8 Å². The van der Waals surface area contributed by atoms with E-state index in [1.54, 1.807) is 31.4 Å². The van der Waals surface area contributed by atoms with Gasteiger partial charge < -0.3 is 10.6 Å². The van der Waals surface area contributed by atoms with Crippen molar-refractivity contribution < 1.29 is 0 Å². The van der Waals surface area contributed by atoms with Gasteiger partial charge in [0.2, 0.25) is 5.95 Å². The summed E-state index contributed by atoms with van der Waals surface area (Å²) >= 11 is 17.9. The molecule has 0 aliphatic rings. The van der Waals surface area contributed by atoms with Gasteiger partial charge in [0.15, 0.2) is 0 Å². The average Bonchev–Trinajstić information content (AvgIpc) is 2.36. The highest BCUT2D eigenvalue weighted by atomic mass is 35.5. The molecule has 0 saturated carbocycles. The Hall–Kier alpha value is -1.23. The van der Waals surface area contributed by atoms with E-state index in [0.717, 1.165) is 0 Å². The number of nitrogens with one attached hydrogen (secondary N) is 2. The second-order valence-corrected chi connectivity index (χ2v) is 4.61. The van der Waals surface area contributed by atoms with Crippen molar-refractivity contribution in [3.05, 3.63) is 39.5 Å². The maximum absolute atomic E-state index is 6.06. The van der Waals surface area contributed by atoms with Gasteiger partial charge in [0.05, 0.1) is 20.8 Å². The average molecular weight is 304 g/mol. The van der Waals surface area contributed by atoms with E-state index in [2.05, 4.69) is 20.6 Å². The van der Waals surface area contributed by atoms with Crippen LogP contribution in [0.5, 0.6) is 0 Å². The van der Waals surface area contributed by atoms with Crippen LogP contribution >= 0.6 is 34.8 Å². The van der Waals surface area contributed by atoms with Crippen molar-refractivity contribution in [3.63, 3.8) is 0 Å². The van der Waals surface area contributed by atoms with Crippen LogP contribution in [0.3, 0.4) is 0 Å². The lowest BCUT2D eigenvalue weighted by atomic mass is 10.3. The Morgan fingerprint density at radius 2 is 1.78 bits per heavy atom. The molecule has 18 heavy (non-hydrogen) atoms. The first-order chi connectivity index (χ1) is 8.60. The Morgan fingerprint density at radius 3 is 2.50 bits per heavy atom. The quantitative estimate of drug-likeness (QED) is 0.833. The van der Waals surface area contributed by atoms with E-state index < -0.39 is 0 Å². The molecule has 0 spiro atoms. The van der Waals surface area contributed by atoms with Gasteiger partial charge in [-0.1, -0.05) is 34.8 Å². The highest BCUT2D eigenvalue weighted by Gasteiger charge is 2.07. The molecular weight excluding hydrogens is 295 g/mol. The lowest BCUT2D eigenvalue weighted by Gasteiger charge is -2.09. The minimum atomic E-state index is 0.408. The summed E-state index contributed by atoms with van der Waals surface area (Å²) in [5.41, 5.74) is 0.631. The van der Waals surface area contributed by atoms with Crippen LogP contribution in [0.4, 0.5) is 17.5 Å². The first kappa shape index (κ1) is 13.2. The molecule has 2 rings (SSSR count). The fourth-order valence-corrected chi connectivity index (χ4v) is 1.90. The Labute approximate surface area is 119 Å². The van der Waals surface area contributed by atoms with E-state index >= 15 is 0 Å². The lowest BCUT2D eigenvalue weighted by molar-refractivity contribution is 1.15. The number of hydrogen-bond donors (Lipinski definition) is 2. The summed E-state index contributed by atoms with van der Waals surface area (Å²) < 4.78 is 0. The molecule has 0 atom stereocenters. The molecule has 1 aromatic carbocycles. The maximum atomic E-state index is 6.06. The Kier molecular flexibility index (Phi) is 4.11. The van der Waals surface area contributed by atoms with E-state index in [0.29, 0.717) is 32.5 Å². The molecule has 0 aliphatic carbocycles. The van der Waals surface area contributed by atoms with Crippen molar-refractivity contribution in [2.75, 3.05) is 17.7 Å². The van der Waals surface area contributed by atoms with Crippen molar-refractivity contribution in [2.24, 2.45) is 0 Å². The predicted octanol–water partition coefficient (Wildman–Crippen LogP) is 4.22. The molecule has 0 aliphatic heterocycles. The number of nitrogens with zero attached hydrogens (tertiary/aromatic N) is 2. The Morgan fingerprint density at radius 1 is 1.06 bits per heavy atom. The van der Waals surface area contributed by atoms with Crippen LogP contribution in [0.2, 0.25) is 15.1 Å². The van der Waals surface area contributed by atoms with E-state index in [4.69, 9.17) is 34.8 Å². The SMILES string of the molecule is CNc1nccc(Nc2cc(Cl)c(Cl)cc2Cl)n1. The molecule has 7 heteroatoms. The van der Waals surface area contributed by atoms with Crippen LogP contribution in [-0.4, -0.2) is 17.0 Å². The number of rotatable bonds is 3. The summed E-state index contributed by atoms with van der Waals surface area (Å²) in [4.78, 5) is 8.22. The molecule has 2 N–H and O–H groups in total. The number of anilines is 3. The van der Waals surface area contributed by atoms with Crippen molar-refractivity contribution in [1.82, 2.24) is 9.97 Å². The summed E-state index contributed by atoms with van der Waals surface area (Å²) in [5.74, 6) is 1.12. The zero-order chi connectivity index (χ0) is 13.1. The Bertz CT molecular complexity index is 574. The van der Waals surface area contributed by atoms with E-state index in [-0.39, 0.29) is 0 Å². The number of aromatic nitrogens is 2. The van der Waals surface area contributed by atoms with Gasteiger partial charge in [0.1, 0.15) is 5.82 Å². The monoisotopic (exact) mass is 302 g/mol. The van der Waals surface area contributed by atoms with Gasteiger partial charge in [-0.15, -0.1) is 0 Å². The number of halogens is 3. The van der Waals surface area contributed by atoms with Crippen molar-refractivity contribution in [2.45, 2.75) is 0 Å². The van der Waals surface area contributed by atoms with Crippen molar-refractivity contribution in [1.29, 1.82) is 0 Å². The fraction of sp³-hybridized carbons (Fsp3) is 0.0909. The normalized spacial score (nSPS) is 10.2. The van der Waals surface area contributed by atoms with Gasteiger partial charge in [-0.25, -0.2) is 4.98 Å². The molecule has 0 bridgehead atoms. The number of benzene rings is 1. The van der Waals surface area contributed by atoms with Gasteiger partial charge in [0.25, 0.3) is 0 Å². The van der Waals surface area contributed by atoms with E-state index in [1.165, 1.54) is 0 Å². The molecule has 0 saturated heterocycles. The van der Waals surface area contributed by atoms with Crippen molar-refractivity contribution in [3.8, 4) is 0 Å². The molecule has 1 aromatic heterocycles. The molecule has 2 aromatic rings. The largest absolute Gasteiger partial charge is 0.357 e. The summed E-state index contributed by atoms with van der Waals surface area (Å²) in [6, 6.07) is 4.95. The van der Waals surface area contributed by atoms with Gasteiger partial charge in [0, 0.05) is 13.2 Å². The van der Waals surface area contributed by atoms with Crippen molar-refractivity contribution >= 4 is 52.3 Å². The van der Waals surface area contributed by atoms with Crippen LogP contribution in [0.1, 0.15) is 0 Å². The zero-order valence-corrected chi connectivity index (χ0v) is 11.6. The van der Waals surface area contributed by atoms with Crippen LogP contribution in [0, 0.1) is 0 Å². The minimum absolute atomic E-state index is 0.408. The van der Waals surface area contributed by atoms with E-state index in [9.17, 15) is 0 Å². The third-order valence-electron chi connectivity index (χ3n) is 2.15. The van der Waals surface area contributed by atoms with Crippen LogP contribution in [0.15, 0.2) is 24.4 Å². The second kappa shape index (κ2) is 5.61. The van der Waals surface area contributed by atoms with Crippen LogP contribution in [0.25, 0.3) is 0 Å². The van der Waals surface area contributed by atoms with Gasteiger partial charge in [-0.05, 0) is 18.2 Å². The molecule has 94 valence electrons. The fourth-order valence-electron chi connectivity index (χ4n) is 1.31. The standard InChI is InChI=1S/C11H9Cl3N4/c1-15-11-16-3-2-10(18-11)17-9-5-7(13)6(12)4-8(9)14/h2-5H,1H3,(H2,15,16,17,18). The first-order valence-corrected chi connectivity index (χ1v) is 6.16. The van der Waals surface area contributed by atoms with Gasteiger partial charge in [-0.2, -0.15) is 4.98 Å². The van der Waals surface area contributed by atoms with Crippen LogP contribution in [-0.2, 0) is 0 Å². The van der Waals surface area contributed by atoms with Gasteiger partial charge in [-0.3, -0.25) is 0 Å². The zero-order valence-electron chi connectivity index (χ0n) is 9.34. The molecule has 0 fully saturated rings. The predicted molar refractivity (Wildman–Crippen MR) is 76.3 cm³/mol. The summed E-state index contributed by atoms with van der Waals surface area (Å²) in [6.45, 7) is 0. The second-order valence-electron chi connectivity index (χ2n) is 3.39. The minimum Gasteiger partial charge on any atom is -0.357 e. The summed E-state index contributed by atoms with van der Waals surface area (Å²) in [7, 11) is 1.74. The smallest absolute Gasteiger partial charge is 0.224 e. The molecule has 4 nitrogen and oxygen atoms in total. The third kappa shape index (κ3) is 2.96. The van der Waals surface area contributed by atoms with E-state index in [1.807, 2.05) is 0 Å². The highest BCUT2D eigenvalue weighted by Crippen LogP contribution is 2.33. The maximum Gasteiger partial charge on any atom is 0.224 e. The highest BCUT2D eigenvalue weighted by molar-refractivity contribution is 6.44. The van der Waals surface area contributed by atoms with Crippen LogP contribution < -0.4 is 10.6 Å². The lowest BCUT2D eigenvalue weighted by Crippen LogP contribution is -2.00. The molecule has 0 radical (unpaired) electrons. The Balaban J connectivity index is 2.30. The first-order valence-electron chi connectivity index (χ1n) is 5.02. The number of hydrogen-bond acceptors (Lipinski definition) is 4. The summed E-state index contributed by atoms with van der Waals surface area (Å²) in [6.07, 6.45) is 1.63. The molecule has 1 heterocycles. The van der Waals surface area contributed by atoms with Gasteiger partial charge >= 0.3 is 0 Å². The third-order valence-corrected chi connectivity index (χ3v) is 3.19.